The Morgan fingerprint density at radius 1 is 0.317 bits per heavy atom. The summed E-state index contributed by atoms with van der Waals surface area (Å²) < 4.78 is 16.2. The zero-order valence-electron chi connectivity index (χ0n) is 40.3. The highest BCUT2D eigenvalue weighted by atomic mass is 16.5. The van der Waals surface area contributed by atoms with E-state index in [0.717, 1.165) is 88.6 Å². The molecular formula is C54H84O6. The van der Waals surface area contributed by atoms with Crippen LogP contribution in [0.4, 0.5) is 0 Å². The summed E-state index contributed by atoms with van der Waals surface area (Å²) >= 11 is 0. The summed E-state index contributed by atoms with van der Waals surface area (Å²) in [6.07, 6.45) is 21.7. The molecule has 0 heterocycles. The second-order valence-electron chi connectivity index (χ2n) is 17.0. The van der Waals surface area contributed by atoms with Gasteiger partial charge in [-0.1, -0.05) is 170 Å². The molecule has 0 aliphatic carbocycles. The monoisotopic (exact) mass is 829 g/mol. The van der Waals surface area contributed by atoms with Gasteiger partial charge in [0, 0.05) is 0 Å². The molecule has 3 rings (SSSR count). The normalized spacial score (nSPS) is 10.6. The molecule has 0 bridgehead atoms. The predicted octanol–water partition coefficient (Wildman–Crippen LogP) is 15.4. The molecular weight excluding hydrogens is 745 g/mol. The van der Waals surface area contributed by atoms with Gasteiger partial charge in [0.1, 0.15) is 0 Å². The summed E-state index contributed by atoms with van der Waals surface area (Å²) in [6, 6.07) is 12.2. The van der Waals surface area contributed by atoms with Crippen LogP contribution in [0.25, 0.3) is 0 Å². The van der Waals surface area contributed by atoms with E-state index in [1.165, 1.54) is 93.7 Å². The summed E-state index contributed by atoms with van der Waals surface area (Å²) in [4.78, 5) is 36.3. The van der Waals surface area contributed by atoms with Crippen LogP contribution in [-0.2, 0) is 14.2 Å². The Balaban J connectivity index is 0.000000450. The number of esters is 3. The Morgan fingerprint density at radius 2 is 0.500 bits per heavy atom. The average molecular weight is 829 g/mol. The van der Waals surface area contributed by atoms with E-state index in [4.69, 9.17) is 14.2 Å². The second-order valence-corrected chi connectivity index (χ2v) is 17.0. The largest absolute Gasteiger partial charge is 0.462 e. The first-order valence-electron chi connectivity index (χ1n) is 23.4. The van der Waals surface area contributed by atoms with Crippen molar-refractivity contribution >= 4 is 17.9 Å². The van der Waals surface area contributed by atoms with E-state index < -0.39 is 0 Å². The van der Waals surface area contributed by atoms with Crippen molar-refractivity contribution in [2.24, 2.45) is 0 Å². The van der Waals surface area contributed by atoms with Gasteiger partial charge in [0.05, 0.1) is 36.5 Å². The van der Waals surface area contributed by atoms with Crippen LogP contribution < -0.4 is 0 Å². The molecule has 60 heavy (non-hydrogen) atoms. The Labute approximate surface area is 367 Å². The van der Waals surface area contributed by atoms with Gasteiger partial charge in [-0.05, 0) is 115 Å². The Kier molecular flexibility index (Phi) is 28.7. The van der Waals surface area contributed by atoms with Crippen LogP contribution in [0.2, 0.25) is 0 Å². The van der Waals surface area contributed by atoms with Gasteiger partial charge in [-0.2, -0.15) is 0 Å². The maximum atomic E-state index is 12.1. The lowest BCUT2D eigenvalue weighted by Crippen LogP contribution is -2.10. The molecule has 0 fully saturated rings. The first-order chi connectivity index (χ1) is 28.7. The number of aryl methyl sites for hydroxylation is 9. The van der Waals surface area contributed by atoms with Crippen LogP contribution in [0.3, 0.4) is 0 Å². The van der Waals surface area contributed by atoms with Crippen molar-refractivity contribution in [1.29, 1.82) is 0 Å². The molecule has 0 aliphatic rings. The van der Waals surface area contributed by atoms with Gasteiger partial charge in [0.15, 0.2) is 0 Å². The zero-order chi connectivity index (χ0) is 44.9. The molecule has 0 radical (unpaired) electrons. The fraction of sp³-hybridized carbons (Fsp3) is 0.611. The van der Waals surface area contributed by atoms with Gasteiger partial charge >= 0.3 is 17.9 Å². The number of unbranched alkanes of at least 4 members (excludes halogenated alkanes) is 15. The number of rotatable bonds is 24. The van der Waals surface area contributed by atoms with E-state index in [1.807, 2.05) is 98.7 Å². The molecule has 0 atom stereocenters. The van der Waals surface area contributed by atoms with E-state index >= 15 is 0 Å². The van der Waals surface area contributed by atoms with Crippen LogP contribution in [-0.4, -0.2) is 37.7 Å². The molecule has 3 aromatic rings. The maximum Gasteiger partial charge on any atom is 0.338 e. The summed E-state index contributed by atoms with van der Waals surface area (Å²) in [6.45, 7) is 26.2. The Hall–Kier alpha value is -3.93. The maximum absolute atomic E-state index is 12.1. The van der Waals surface area contributed by atoms with Gasteiger partial charge in [-0.3, -0.25) is 0 Å². The second kappa shape index (κ2) is 31.9. The highest BCUT2D eigenvalue weighted by molar-refractivity contribution is 5.94. The first kappa shape index (κ1) is 54.1. The van der Waals surface area contributed by atoms with Gasteiger partial charge < -0.3 is 14.2 Å². The number of benzene rings is 3. The van der Waals surface area contributed by atoms with Crippen LogP contribution in [0.5, 0.6) is 0 Å². The molecule has 0 saturated carbocycles. The smallest absolute Gasteiger partial charge is 0.338 e. The minimum atomic E-state index is -0.173. The van der Waals surface area contributed by atoms with E-state index in [2.05, 4.69) is 20.8 Å². The average Bonchev–Trinajstić information content (AvgIpc) is 3.16. The third-order valence-corrected chi connectivity index (χ3v) is 10.8. The highest BCUT2D eigenvalue weighted by Gasteiger charge is 2.16. The van der Waals surface area contributed by atoms with Crippen molar-refractivity contribution in [3.05, 3.63) is 103 Å². The van der Waals surface area contributed by atoms with Crippen molar-refractivity contribution in [2.45, 2.75) is 199 Å². The van der Waals surface area contributed by atoms with E-state index in [9.17, 15) is 14.4 Å². The summed E-state index contributed by atoms with van der Waals surface area (Å²) in [5.74, 6) is -0.518. The van der Waals surface area contributed by atoms with Gasteiger partial charge in [-0.15, -0.1) is 0 Å². The molecule has 0 spiro atoms. The third kappa shape index (κ3) is 22.1. The standard InChI is InChI=1S/3C18H28O2/c3*1-5-6-7-8-9-10-11-20-18(19)17-15(3)12-14(2)13-16(17)4/h3*12-13H,5-11H2,1-4H3. The predicted molar refractivity (Wildman–Crippen MR) is 253 cm³/mol. The van der Waals surface area contributed by atoms with E-state index in [-0.39, 0.29) is 17.9 Å². The lowest BCUT2D eigenvalue weighted by atomic mass is 10.00. The minimum absolute atomic E-state index is 0.173. The molecule has 3 aromatic carbocycles. The van der Waals surface area contributed by atoms with Gasteiger partial charge in [-0.25, -0.2) is 14.4 Å². The third-order valence-electron chi connectivity index (χ3n) is 10.8. The Morgan fingerprint density at radius 3 is 0.700 bits per heavy atom. The lowest BCUT2D eigenvalue weighted by molar-refractivity contribution is 0.0486. The van der Waals surface area contributed by atoms with Crippen molar-refractivity contribution in [2.75, 3.05) is 19.8 Å². The number of carbonyl (C=O) groups is 3. The van der Waals surface area contributed by atoms with Crippen molar-refractivity contribution in [1.82, 2.24) is 0 Å². The topological polar surface area (TPSA) is 78.9 Å². The summed E-state index contributed by atoms with van der Waals surface area (Å²) in [5, 5.41) is 0. The zero-order valence-corrected chi connectivity index (χ0v) is 40.3. The molecule has 0 saturated heterocycles. The summed E-state index contributed by atoms with van der Waals surface area (Å²) in [5.41, 5.74) is 11.8. The highest BCUT2D eigenvalue weighted by Crippen LogP contribution is 2.20. The fourth-order valence-corrected chi connectivity index (χ4v) is 7.86. The molecule has 0 amide bonds. The fourth-order valence-electron chi connectivity index (χ4n) is 7.86. The molecule has 6 heteroatoms. The van der Waals surface area contributed by atoms with Gasteiger partial charge in [0.2, 0.25) is 0 Å². The molecule has 336 valence electrons. The van der Waals surface area contributed by atoms with Crippen molar-refractivity contribution in [3.8, 4) is 0 Å². The van der Waals surface area contributed by atoms with Crippen molar-refractivity contribution in [3.63, 3.8) is 0 Å². The number of ether oxygens (including phenoxy) is 3. The van der Waals surface area contributed by atoms with Gasteiger partial charge in [0.25, 0.3) is 0 Å². The number of hydrogen-bond donors (Lipinski definition) is 0. The van der Waals surface area contributed by atoms with Crippen LogP contribution in [0.15, 0.2) is 36.4 Å². The molecule has 0 aromatic heterocycles. The lowest BCUT2D eigenvalue weighted by Gasteiger charge is -2.11. The van der Waals surface area contributed by atoms with E-state index in [1.54, 1.807) is 0 Å². The molecule has 6 nitrogen and oxygen atoms in total. The van der Waals surface area contributed by atoms with Crippen LogP contribution >= 0.6 is 0 Å². The molecule has 0 aliphatic heterocycles. The first-order valence-corrected chi connectivity index (χ1v) is 23.4. The number of hydrogen-bond acceptors (Lipinski definition) is 6. The Bertz CT molecular complexity index is 1430. The molecule has 0 unspecified atom stereocenters. The SMILES string of the molecule is CCCCCCCCOC(=O)c1c(C)cc(C)cc1C.CCCCCCCCOC(=O)c1c(C)cc(C)cc1C.CCCCCCCCOC(=O)c1c(C)cc(C)cc1C. The van der Waals surface area contributed by atoms with Crippen molar-refractivity contribution < 1.29 is 28.6 Å². The minimum Gasteiger partial charge on any atom is -0.462 e. The molecule has 0 N–H and O–H groups in total. The summed E-state index contributed by atoms with van der Waals surface area (Å²) in [7, 11) is 0. The quantitative estimate of drug-likeness (QED) is 0.0508. The van der Waals surface area contributed by atoms with Crippen LogP contribution in [0.1, 0.15) is 217 Å². The van der Waals surface area contributed by atoms with E-state index in [0.29, 0.717) is 19.8 Å². The van der Waals surface area contributed by atoms with Crippen LogP contribution in [0, 0.1) is 62.3 Å². The number of carbonyl (C=O) groups excluding carboxylic acids is 3.